The van der Waals surface area contributed by atoms with E-state index >= 15 is 0 Å². The Morgan fingerprint density at radius 2 is 2.29 bits per heavy atom. The molecule has 8 heteroatoms. The van der Waals surface area contributed by atoms with Crippen LogP contribution in [-0.2, 0) is 11.3 Å². The molecule has 0 aliphatic carbocycles. The van der Waals surface area contributed by atoms with Gasteiger partial charge in [-0.15, -0.1) is 24.0 Å². The number of nitrogens with zero attached hydrogens (tertiary/aromatic N) is 4. The van der Waals surface area contributed by atoms with Gasteiger partial charge in [0.15, 0.2) is 5.96 Å². The van der Waals surface area contributed by atoms with Gasteiger partial charge in [0.05, 0.1) is 25.6 Å². The molecule has 0 amide bonds. The van der Waals surface area contributed by atoms with Gasteiger partial charge < -0.3 is 19.5 Å². The maximum Gasteiger partial charge on any atom is 0.193 e. The van der Waals surface area contributed by atoms with Crippen molar-refractivity contribution in [2.24, 2.45) is 10.9 Å². The lowest BCUT2D eigenvalue weighted by Gasteiger charge is -2.39. The van der Waals surface area contributed by atoms with Gasteiger partial charge in [0.1, 0.15) is 0 Å². The number of rotatable bonds is 6. The molecule has 6 nitrogen and oxygen atoms in total. The zero-order valence-electron chi connectivity index (χ0n) is 16.4. The Hall–Kier alpha value is -1.32. The van der Waals surface area contributed by atoms with E-state index in [9.17, 15) is 0 Å². The van der Waals surface area contributed by atoms with E-state index in [1.807, 2.05) is 50.0 Å². The molecule has 154 valence electrons. The summed E-state index contributed by atoms with van der Waals surface area (Å²) in [7, 11) is 1.83. The third-order valence-electron chi connectivity index (χ3n) is 5.03. The SMILES string of the molecule is CN=C(NCCOCc1cccc(Cl)c1)N1CCC(C)C(n2ccnc2)C1.I. The number of nitrogens with one attached hydrogen (secondary N) is 1. The van der Waals surface area contributed by atoms with Gasteiger partial charge in [-0.3, -0.25) is 4.99 Å². The van der Waals surface area contributed by atoms with Crippen LogP contribution in [0.25, 0.3) is 0 Å². The van der Waals surface area contributed by atoms with Crippen LogP contribution in [0, 0.1) is 5.92 Å². The molecular formula is C20H29ClIN5O. The second-order valence-corrected chi connectivity index (χ2v) is 7.38. The summed E-state index contributed by atoms with van der Waals surface area (Å²) in [4.78, 5) is 11.0. The first-order chi connectivity index (χ1) is 13.2. The fourth-order valence-corrected chi connectivity index (χ4v) is 3.69. The molecule has 28 heavy (non-hydrogen) atoms. The fraction of sp³-hybridized carbons (Fsp3) is 0.500. The molecule has 2 aromatic rings. The Labute approximate surface area is 189 Å². The quantitative estimate of drug-likeness (QED) is 0.274. The molecule has 0 radical (unpaired) electrons. The summed E-state index contributed by atoms with van der Waals surface area (Å²) in [6.45, 7) is 6.14. The Morgan fingerprint density at radius 3 is 3.00 bits per heavy atom. The number of ether oxygens (including phenoxy) is 1. The van der Waals surface area contributed by atoms with Crippen LogP contribution >= 0.6 is 35.6 Å². The highest BCUT2D eigenvalue weighted by Crippen LogP contribution is 2.27. The molecule has 1 aliphatic heterocycles. The molecule has 1 aromatic heterocycles. The van der Waals surface area contributed by atoms with Gasteiger partial charge in [0.2, 0.25) is 0 Å². The predicted molar refractivity (Wildman–Crippen MR) is 125 cm³/mol. The fourth-order valence-electron chi connectivity index (χ4n) is 3.48. The second-order valence-electron chi connectivity index (χ2n) is 6.95. The summed E-state index contributed by atoms with van der Waals surface area (Å²) in [6, 6.07) is 8.17. The van der Waals surface area contributed by atoms with Crippen molar-refractivity contribution < 1.29 is 4.74 Å². The van der Waals surface area contributed by atoms with Gasteiger partial charge in [-0.05, 0) is 30.0 Å². The molecule has 2 heterocycles. The molecule has 3 rings (SSSR count). The lowest BCUT2D eigenvalue weighted by molar-refractivity contribution is 0.124. The summed E-state index contributed by atoms with van der Waals surface area (Å²) in [6.07, 6.45) is 6.93. The number of hydrogen-bond acceptors (Lipinski definition) is 3. The van der Waals surface area contributed by atoms with Gasteiger partial charge in [-0.25, -0.2) is 4.98 Å². The maximum absolute atomic E-state index is 6.00. The Balaban J connectivity index is 0.00000280. The zero-order chi connectivity index (χ0) is 19.1. The van der Waals surface area contributed by atoms with Crippen LogP contribution in [-0.4, -0.2) is 53.7 Å². The Morgan fingerprint density at radius 1 is 1.43 bits per heavy atom. The van der Waals surface area contributed by atoms with Gasteiger partial charge in [0, 0.05) is 44.1 Å². The molecule has 1 N–H and O–H groups in total. The third-order valence-corrected chi connectivity index (χ3v) is 5.26. The number of imidazole rings is 1. The molecule has 2 unspecified atom stereocenters. The summed E-state index contributed by atoms with van der Waals surface area (Å²) in [5.74, 6) is 1.55. The van der Waals surface area contributed by atoms with Gasteiger partial charge in [0.25, 0.3) is 0 Å². The number of guanidine groups is 1. The highest BCUT2D eigenvalue weighted by molar-refractivity contribution is 14.0. The van der Waals surface area contributed by atoms with Crippen LogP contribution in [0.2, 0.25) is 5.02 Å². The highest BCUT2D eigenvalue weighted by Gasteiger charge is 2.28. The molecule has 0 bridgehead atoms. The zero-order valence-corrected chi connectivity index (χ0v) is 19.5. The second kappa shape index (κ2) is 11.6. The van der Waals surface area contributed by atoms with E-state index in [2.05, 4.69) is 31.7 Å². The number of hydrogen-bond donors (Lipinski definition) is 1. The molecule has 0 spiro atoms. The van der Waals surface area contributed by atoms with Crippen molar-refractivity contribution in [1.82, 2.24) is 19.8 Å². The number of piperidine rings is 1. The van der Waals surface area contributed by atoms with Crippen LogP contribution in [0.1, 0.15) is 24.9 Å². The largest absolute Gasteiger partial charge is 0.375 e. The molecular weight excluding hydrogens is 489 g/mol. The minimum Gasteiger partial charge on any atom is -0.375 e. The normalized spacial score (nSPS) is 20.0. The van der Waals surface area contributed by atoms with E-state index in [1.54, 1.807) is 0 Å². The minimum absolute atomic E-state index is 0. The van der Waals surface area contributed by atoms with Gasteiger partial charge in [-0.2, -0.15) is 0 Å². The Bertz CT molecular complexity index is 740. The highest BCUT2D eigenvalue weighted by atomic mass is 127. The molecule has 1 fully saturated rings. The Kier molecular flexibility index (Phi) is 9.53. The van der Waals surface area contributed by atoms with Crippen LogP contribution in [0.3, 0.4) is 0 Å². The summed E-state index contributed by atoms with van der Waals surface area (Å²) in [5, 5.41) is 4.15. The number of halogens is 2. The maximum atomic E-state index is 6.00. The van der Waals surface area contributed by atoms with Crippen LogP contribution in [0.5, 0.6) is 0 Å². The molecule has 0 saturated carbocycles. The monoisotopic (exact) mass is 517 g/mol. The van der Waals surface area contributed by atoms with E-state index in [1.165, 1.54) is 0 Å². The van der Waals surface area contributed by atoms with Gasteiger partial charge >= 0.3 is 0 Å². The van der Waals surface area contributed by atoms with E-state index in [4.69, 9.17) is 16.3 Å². The van der Waals surface area contributed by atoms with Crippen LogP contribution in [0.15, 0.2) is 48.0 Å². The smallest absolute Gasteiger partial charge is 0.193 e. The first kappa shape index (κ1) is 23.0. The van der Waals surface area contributed by atoms with Crippen molar-refractivity contribution in [3.05, 3.63) is 53.6 Å². The summed E-state index contributed by atoms with van der Waals surface area (Å²) < 4.78 is 7.95. The van der Waals surface area contributed by atoms with Crippen molar-refractivity contribution in [2.45, 2.75) is 26.0 Å². The van der Waals surface area contributed by atoms with Crippen LogP contribution in [0.4, 0.5) is 0 Å². The summed E-state index contributed by atoms with van der Waals surface area (Å²) >= 11 is 6.00. The van der Waals surface area contributed by atoms with Crippen molar-refractivity contribution in [1.29, 1.82) is 0 Å². The summed E-state index contributed by atoms with van der Waals surface area (Å²) in [5.41, 5.74) is 1.08. The third kappa shape index (κ3) is 6.35. The average molecular weight is 518 g/mol. The van der Waals surface area contributed by atoms with Crippen molar-refractivity contribution in [3.63, 3.8) is 0 Å². The van der Waals surface area contributed by atoms with Crippen molar-refractivity contribution in [2.75, 3.05) is 33.3 Å². The number of likely N-dealkylation sites (tertiary alicyclic amines) is 1. The molecule has 1 aliphatic rings. The van der Waals surface area contributed by atoms with E-state index in [-0.39, 0.29) is 24.0 Å². The van der Waals surface area contributed by atoms with Crippen LogP contribution < -0.4 is 5.32 Å². The van der Waals surface area contributed by atoms with E-state index < -0.39 is 0 Å². The molecule has 2 atom stereocenters. The van der Waals surface area contributed by atoms with E-state index in [0.29, 0.717) is 25.2 Å². The minimum atomic E-state index is 0. The lowest BCUT2D eigenvalue weighted by atomic mass is 9.93. The predicted octanol–water partition coefficient (Wildman–Crippen LogP) is 3.83. The molecule has 1 aromatic carbocycles. The van der Waals surface area contributed by atoms with Crippen molar-refractivity contribution >= 4 is 41.5 Å². The average Bonchev–Trinajstić information content (AvgIpc) is 3.20. The number of aliphatic imine (C=N–C) groups is 1. The van der Waals surface area contributed by atoms with Crippen molar-refractivity contribution in [3.8, 4) is 0 Å². The number of aromatic nitrogens is 2. The van der Waals surface area contributed by atoms with Gasteiger partial charge in [-0.1, -0.05) is 30.7 Å². The molecule has 1 saturated heterocycles. The lowest BCUT2D eigenvalue weighted by Crippen LogP contribution is -2.49. The topological polar surface area (TPSA) is 54.7 Å². The first-order valence-corrected chi connectivity index (χ1v) is 9.80. The first-order valence-electron chi connectivity index (χ1n) is 9.42. The number of benzene rings is 1. The van der Waals surface area contributed by atoms with E-state index in [0.717, 1.165) is 42.6 Å². The standard InChI is InChI=1S/C20H28ClN5O.HI/c1-16-6-9-25(13-19(16)26-10-7-23-15-26)20(22-2)24-8-11-27-14-17-4-3-5-18(21)12-17;/h3-5,7,10,12,15-16,19H,6,8-9,11,13-14H2,1-2H3,(H,22,24);1H.